The van der Waals surface area contributed by atoms with Crippen LogP contribution in [0.2, 0.25) is 0 Å². The van der Waals surface area contributed by atoms with E-state index in [1.165, 1.54) is 0 Å². The molecular formula is C19H24N3O4+. The average Bonchev–Trinajstić information content (AvgIpc) is 2.93. The van der Waals surface area contributed by atoms with Gasteiger partial charge in [0.25, 0.3) is 5.91 Å². The fourth-order valence-corrected chi connectivity index (χ4v) is 4.09. The maximum absolute atomic E-state index is 12.1. The molecule has 0 spiro atoms. The van der Waals surface area contributed by atoms with Crippen molar-refractivity contribution in [1.29, 1.82) is 0 Å². The van der Waals surface area contributed by atoms with E-state index in [1.807, 2.05) is 18.2 Å². The van der Waals surface area contributed by atoms with Crippen molar-refractivity contribution in [2.75, 3.05) is 0 Å². The fraction of sp³-hybridized carbons (Fsp3) is 0.526. The third-order valence-electron chi connectivity index (χ3n) is 5.56. The van der Waals surface area contributed by atoms with Gasteiger partial charge in [-0.05, 0) is 37.5 Å². The minimum absolute atomic E-state index is 0.0204. The van der Waals surface area contributed by atoms with Crippen LogP contribution in [-0.4, -0.2) is 45.6 Å². The summed E-state index contributed by atoms with van der Waals surface area (Å²) in [4.78, 5) is 23.5. The topological polar surface area (TPSA) is 105 Å². The van der Waals surface area contributed by atoms with Crippen LogP contribution in [0.4, 0.5) is 0 Å². The third-order valence-corrected chi connectivity index (χ3v) is 5.56. The van der Waals surface area contributed by atoms with Crippen LogP contribution in [0.25, 0.3) is 0 Å². The molecule has 3 aliphatic rings. The Morgan fingerprint density at radius 1 is 1.19 bits per heavy atom. The van der Waals surface area contributed by atoms with E-state index in [0.29, 0.717) is 18.5 Å². The first-order chi connectivity index (χ1) is 12.5. The quantitative estimate of drug-likeness (QED) is 0.552. The molecule has 2 heterocycles. The number of nitrogens with two attached hydrogens (primary N) is 1. The van der Waals surface area contributed by atoms with E-state index < -0.39 is 6.04 Å². The molecule has 3 atom stereocenters. The Kier molecular flexibility index (Phi) is 4.40. The molecule has 1 aromatic carbocycles. The number of fused-ring (bicyclic) bond motifs is 1. The molecule has 0 bridgehead atoms. The van der Waals surface area contributed by atoms with Gasteiger partial charge >= 0.3 is 5.90 Å². The lowest BCUT2D eigenvalue weighted by Crippen LogP contribution is -2.49. The summed E-state index contributed by atoms with van der Waals surface area (Å²) in [5.74, 6) is 0.201. The van der Waals surface area contributed by atoms with Crippen molar-refractivity contribution in [1.82, 2.24) is 5.32 Å². The van der Waals surface area contributed by atoms with E-state index in [-0.39, 0.29) is 36.3 Å². The van der Waals surface area contributed by atoms with E-state index in [2.05, 4.69) is 5.32 Å². The Hall–Kier alpha value is -2.41. The highest BCUT2D eigenvalue weighted by Crippen LogP contribution is 2.28. The highest BCUT2D eigenvalue weighted by Gasteiger charge is 2.41. The summed E-state index contributed by atoms with van der Waals surface area (Å²) in [6.07, 6.45) is 4.92. The van der Waals surface area contributed by atoms with Crippen LogP contribution in [0.15, 0.2) is 18.2 Å². The SMILES string of the molecule is N[C@H]1CCCCC1Oc1ccc2c(c1)C[N+](C1CCC(=O)NC1=O)=C2O. The van der Waals surface area contributed by atoms with Crippen LogP contribution in [0.5, 0.6) is 5.75 Å². The molecule has 7 nitrogen and oxygen atoms in total. The second-order valence-corrected chi connectivity index (χ2v) is 7.34. The predicted octanol–water partition coefficient (Wildman–Crippen LogP) is 0.971. The molecular weight excluding hydrogens is 334 g/mol. The second-order valence-electron chi connectivity index (χ2n) is 7.34. The normalized spacial score (nSPS) is 28.7. The van der Waals surface area contributed by atoms with Gasteiger partial charge < -0.3 is 15.6 Å². The van der Waals surface area contributed by atoms with Crippen LogP contribution < -0.4 is 15.8 Å². The Bertz CT molecular complexity index is 789. The molecule has 2 amide bonds. The number of aliphatic hydroxyl groups is 1. The van der Waals surface area contributed by atoms with E-state index >= 15 is 0 Å². The van der Waals surface area contributed by atoms with Crippen molar-refractivity contribution in [2.24, 2.45) is 5.73 Å². The molecule has 7 heteroatoms. The lowest BCUT2D eigenvalue weighted by atomic mass is 9.93. The zero-order chi connectivity index (χ0) is 18.3. The molecule has 1 saturated heterocycles. The van der Waals surface area contributed by atoms with E-state index in [4.69, 9.17) is 10.5 Å². The van der Waals surface area contributed by atoms with Gasteiger partial charge in [0.2, 0.25) is 11.9 Å². The Morgan fingerprint density at radius 3 is 2.77 bits per heavy atom. The summed E-state index contributed by atoms with van der Waals surface area (Å²) in [5, 5.41) is 12.9. The molecule has 138 valence electrons. The molecule has 4 N–H and O–H groups in total. The van der Waals surface area contributed by atoms with E-state index in [0.717, 1.165) is 37.0 Å². The van der Waals surface area contributed by atoms with Gasteiger partial charge in [0, 0.05) is 24.4 Å². The molecule has 1 aliphatic carbocycles. The number of amides is 2. The fourth-order valence-electron chi connectivity index (χ4n) is 4.09. The minimum atomic E-state index is -0.531. The molecule has 2 aliphatic heterocycles. The summed E-state index contributed by atoms with van der Waals surface area (Å²) in [5.41, 5.74) is 7.77. The molecule has 1 saturated carbocycles. The number of imide groups is 1. The monoisotopic (exact) mass is 358 g/mol. The first-order valence-corrected chi connectivity index (χ1v) is 9.24. The first kappa shape index (κ1) is 17.0. The van der Waals surface area contributed by atoms with Crippen molar-refractivity contribution in [3.8, 4) is 5.75 Å². The molecule has 2 fully saturated rings. The van der Waals surface area contributed by atoms with Crippen molar-refractivity contribution in [3.05, 3.63) is 29.3 Å². The standard InChI is InChI=1S/C19H23N3O4/c20-14-3-1-2-4-16(14)26-12-5-6-13-11(9-12)10-22(19(13)25)15-7-8-17(23)21-18(15)24/h5-6,9,14-16H,1-4,7-8,10,20H2,(H,21,23,24)/p+1/t14-,15?,16?/m0/s1. The number of aliphatic hydroxyl groups excluding tert-OH is 1. The molecule has 1 aromatic rings. The van der Waals surface area contributed by atoms with Gasteiger partial charge in [-0.3, -0.25) is 14.9 Å². The number of piperidine rings is 1. The Balaban J connectivity index is 1.51. The lowest BCUT2D eigenvalue weighted by Gasteiger charge is -2.29. The van der Waals surface area contributed by atoms with Crippen molar-refractivity contribution in [3.63, 3.8) is 0 Å². The maximum atomic E-state index is 12.1. The van der Waals surface area contributed by atoms with Crippen LogP contribution >= 0.6 is 0 Å². The average molecular weight is 358 g/mol. The summed E-state index contributed by atoms with van der Waals surface area (Å²) in [7, 11) is 0. The maximum Gasteiger partial charge on any atom is 0.368 e. The largest absolute Gasteiger partial charge is 0.489 e. The Morgan fingerprint density at radius 2 is 2.00 bits per heavy atom. The molecule has 0 radical (unpaired) electrons. The molecule has 0 aromatic heterocycles. The summed E-state index contributed by atoms with van der Waals surface area (Å²) < 4.78 is 7.74. The minimum Gasteiger partial charge on any atom is -0.489 e. The summed E-state index contributed by atoms with van der Waals surface area (Å²) >= 11 is 0. The van der Waals surface area contributed by atoms with Gasteiger partial charge in [-0.15, -0.1) is 0 Å². The number of carbonyl (C=O) groups excluding carboxylic acids is 2. The van der Waals surface area contributed by atoms with Crippen molar-refractivity contribution in [2.45, 2.75) is 63.3 Å². The van der Waals surface area contributed by atoms with Crippen LogP contribution in [0.1, 0.15) is 49.7 Å². The van der Waals surface area contributed by atoms with Gasteiger partial charge in [0.15, 0.2) is 6.54 Å². The molecule has 4 rings (SSSR count). The number of hydrogen-bond donors (Lipinski definition) is 3. The number of hydrogen-bond acceptors (Lipinski definition) is 4. The van der Waals surface area contributed by atoms with Gasteiger partial charge in [-0.1, -0.05) is 6.42 Å². The first-order valence-electron chi connectivity index (χ1n) is 9.24. The van der Waals surface area contributed by atoms with Crippen molar-refractivity contribution >= 4 is 17.7 Å². The van der Waals surface area contributed by atoms with Gasteiger partial charge in [-0.25, -0.2) is 0 Å². The van der Waals surface area contributed by atoms with Crippen molar-refractivity contribution < 1.29 is 24.0 Å². The number of ether oxygens (including phenoxy) is 1. The van der Waals surface area contributed by atoms with E-state index in [9.17, 15) is 14.7 Å². The Labute approximate surface area is 151 Å². The van der Waals surface area contributed by atoms with Crippen LogP contribution in [-0.2, 0) is 16.1 Å². The number of benzene rings is 1. The number of nitrogens with one attached hydrogen (secondary N) is 1. The van der Waals surface area contributed by atoms with E-state index in [1.54, 1.807) is 4.58 Å². The zero-order valence-corrected chi connectivity index (χ0v) is 14.6. The van der Waals surface area contributed by atoms with Crippen LogP contribution in [0.3, 0.4) is 0 Å². The van der Waals surface area contributed by atoms with Crippen LogP contribution in [0, 0.1) is 0 Å². The highest BCUT2D eigenvalue weighted by molar-refractivity contribution is 6.00. The van der Waals surface area contributed by atoms with Gasteiger partial charge in [0.1, 0.15) is 11.9 Å². The third kappa shape index (κ3) is 3.07. The number of nitrogens with zero attached hydrogens (tertiary/aromatic N) is 1. The second kappa shape index (κ2) is 6.72. The van der Waals surface area contributed by atoms with Gasteiger partial charge in [0.05, 0.1) is 5.56 Å². The predicted molar refractivity (Wildman–Crippen MR) is 94.2 cm³/mol. The van der Waals surface area contributed by atoms with Gasteiger partial charge in [-0.2, -0.15) is 4.58 Å². The number of carbonyl (C=O) groups is 2. The highest BCUT2D eigenvalue weighted by atomic mass is 16.5. The smallest absolute Gasteiger partial charge is 0.368 e. The lowest BCUT2D eigenvalue weighted by molar-refractivity contribution is -0.571. The number of rotatable bonds is 3. The molecule has 26 heavy (non-hydrogen) atoms. The molecule has 2 unspecified atom stereocenters. The summed E-state index contributed by atoms with van der Waals surface area (Å²) in [6, 6.07) is 5.09. The summed E-state index contributed by atoms with van der Waals surface area (Å²) in [6.45, 7) is 0.418. The zero-order valence-electron chi connectivity index (χ0n) is 14.6.